The molecule has 0 aromatic heterocycles. The number of rotatable bonds is 8. The van der Waals surface area contributed by atoms with Gasteiger partial charge in [0.2, 0.25) is 0 Å². The van der Waals surface area contributed by atoms with Gasteiger partial charge in [-0.3, -0.25) is 0 Å². The number of anilines is 1. The number of unbranched alkanes of at least 4 members (excludes halogenated alkanes) is 3. The van der Waals surface area contributed by atoms with Crippen LogP contribution >= 0.6 is 0 Å². The predicted molar refractivity (Wildman–Crippen MR) is 72.5 cm³/mol. The molecule has 0 saturated carbocycles. The molecule has 1 N–H and O–H groups in total. The monoisotopic (exact) mass is 271 g/mol. The fraction of sp³-hybridized carbons (Fsp3) is 0.533. The second kappa shape index (κ2) is 10.3. The van der Waals surface area contributed by atoms with Crippen LogP contribution in [0.3, 0.4) is 0 Å². The van der Waals surface area contributed by atoms with Crippen LogP contribution in [0, 0.1) is 13.8 Å². The van der Waals surface area contributed by atoms with Gasteiger partial charge < -0.3 is 15.2 Å². The maximum Gasteiger partial charge on any atom is 1.00 e. The van der Waals surface area contributed by atoms with Crippen molar-refractivity contribution in [3.05, 3.63) is 29.3 Å². The average molecular weight is 271 g/mol. The summed E-state index contributed by atoms with van der Waals surface area (Å²) in [6, 6.07) is 6.28. The summed E-state index contributed by atoms with van der Waals surface area (Å²) in [5, 5.41) is 13.7. The molecule has 0 saturated heterocycles. The van der Waals surface area contributed by atoms with Gasteiger partial charge in [-0.05, 0) is 44.2 Å². The molecule has 0 atom stereocenters. The zero-order chi connectivity index (χ0) is 13.4. The molecule has 100 valence electrons. The Morgan fingerprint density at radius 2 is 1.68 bits per heavy atom. The van der Waals surface area contributed by atoms with E-state index in [4.69, 9.17) is 0 Å². The van der Waals surface area contributed by atoms with Gasteiger partial charge in [0.25, 0.3) is 0 Å². The van der Waals surface area contributed by atoms with Crippen LogP contribution < -0.4 is 40.0 Å². The van der Waals surface area contributed by atoms with Crippen molar-refractivity contribution in [3.63, 3.8) is 0 Å². The van der Waals surface area contributed by atoms with E-state index in [0.717, 1.165) is 32.2 Å². The van der Waals surface area contributed by atoms with E-state index in [1.807, 2.05) is 0 Å². The number of benzene rings is 1. The Balaban J connectivity index is 0.00000324. The van der Waals surface area contributed by atoms with Crippen molar-refractivity contribution >= 4 is 11.7 Å². The summed E-state index contributed by atoms with van der Waals surface area (Å²) in [4.78, 5) is 10.2. The van der Waals surface area contributed by atoms with Crippen LogP contribution in [0.25, 0.3) is 0 Å². The molecular weight excluding hydrogens is 249 g/mol. The van der Waals surface area contributed by atoms with Gasteiger partial charge in [0.1, 0.15) is 0 Å². The number of aryl methyl sites for hydroxylation is 2. The van der Waals surface area contributed by atoms with Crippen LogP contribution in [0.5, 0.6) is 0 Å². The van der Waals surface area contributed by atoms with Gasteiger partial charge in [-0.1, -0.05) is 31.0 Å². The smallest absolute Gasteiger partial charge is 0.550 e. The third kappa shape index (κ3) is 7.61. The largest absolute Gasteiger partial charge is 1.00 e. The second-order valence-corrected chi connectivity index (χ2v) is 4.73. The molecule has 0 aliphatic carbocycles. The maximum absolute atomic E-state index is 10.2. The number of carbonyl (C=O) groups is 1. The molecule has 4 heteroatoms. The number of aliphatic carboxylic acids is 1. The van der Waals surface area contributed by atoms with Crippen LogP contribution in [0.2, 0.25) is 0 Å². The van der Waals surface area contributed by atoms with E-state index in [2.05, 4.69) is 37.4 Å². The molecule has 1 aromatic carbocycles. The fourth-order valence-corrected chi connectivity index (χ4v) is 2.05. The van der Waals surface area contributed by atoms with E-state index < -0.39 is 5.97 Å². The quantitative estimate of drug-likeness (QED) is 0.508. The van der Waals surface area contributed by atoms with E-state index >= 15 is 0 Å². The van der Waals surface area contributed by atoms with Crippen molar-refractivity contribution in [1.29, 1.82) is 0 Å². The van der Waals surface area contributed by atoms with Crippen molar-refractivity contribution in [2.45, 2.75) is 46.0 Å². The number of hydrogen-bond acceptors (Lipinski definition) is 3. The van der Waals surface area contributed by atoms with Crippen LogP contribution in [0.15, 0.2) is 18.2 Å². The van der Waals surface area contributed by atoms with Crippen LogP contribution in [-0.2, 0) is 4.79 Å². The summed E-state index contributed by atoms with van der Waals surface area (Å²) >= 11 is 0. The molecule has 0 unspecified atom stereocenters. The molecule has 3 nitrogen and oxygen atoms in total. The molecule has 0 amide bonds. The Kier molecular flexibility index (Phi) is 10.0. The number of carboxylic acids is 1. The molecule has 1 rings (SSSR count). The number of hydrogen-bond donors (Lipinski definition) is 1. The first-order chi connectivity index (χ1) is 8.61. The minimum Gasteiger partial charge on any atom is -0.550 e. The summed E-state index contributed by atoms with van der Waals surface area (Å²) in [6.07, 6.45) is 4.00. The Labute approximate surface area is 138 Å². The van der Waals surface area contributed by atoms with Gasteiger partial charge in [-0.2, -0.15) is 0 Å². The summed E-state index contributed by atoms with van der Waals surface area (Å²) in [6.45, 7) is 5.15. The first-order valence-electron chi connectivity index (χ1n) is 6.61. The molecule has 0 fully saturated rings. The third-order valence-electron chi connectivity index (χ3n) is 3.09. The first kappa shape index (κ1) is 18.5. The number of para-hydroxylation sites is 1. The zero-order valence-corrected chi connectivity index (χ0v) is 14.3. The fourth-order valence-electron chi connectivity index (χ4n) is 2.05. The van der Waals surface area contributed by atoms with E-state index in [1.54, 1.807) is 0 Å². The van der Waals surface area contributed by atoms with Gasteiger partial charge in [-0.15, -0.1) is 0 Å². The predicted octanol–water partition coefficient (Wildman–Crippen LogP) is -0.580. The second-order valence-electron chi connectivity index (χ2n) is 4.73. The molecule has 0 spiro atoms. The number of carboxylic acid groups (broad SMARTS) is 1. The third-order valence-corrected chi connectivity index (χ3v) is 3.09. The molecule has 0 aliphatic rings. The van der Waals surface area contributed by atoms with Crippen LogP contribution in [0.4, 0.5) is 5.69 Å². The standard InChI is InChI=1S/C15H23NO2.Na/c1-12-8-7-9-13(2)15(12)16-11-6-4-3-5-10-14(17)18;/h7-9,16H,3-6,10-11H2,1-2H3,(H,17,18);/q;+1/p-1. The summed E-state index contributed by atoms with van der Waals surface area (Å²) in [5.41, 5.74) is 3.77. The molecule has 0 bridgehead atoms. The van der Waals surface area contributed by atoms with Crippen molar-refractivity contribution in [2.24, 2.45) is 0 Å². The Morgan fingerprint density at radius 1 is 1.11 bits per heavy atom. The van der Waals surface area contributed by atoms with Gasteiger partial charge in [0, 0.05) is 18.2 Å². The van der Waals surface area contributed by atoms with Gasteiger partial charge >= 0.3 is 29.6 Å². The Bertz CT molecular complexity index is 373. The van der Waals surface area contributed by atoms with Gasteiger partial charge in [0.05, 0.1) is 0 Å². The zero-order valence-electron chi connectivity index (χ0n) is 12.3. The van der Waals surface area contributed by atoms with Crippen molar-refractivity contribution in [3.8, 4) is 0 Å². The van der Waals surface area contributed by atoms with Crippen LogP contribution in [-0.4, -0.2) is 12.5 Å². The van der Waals surface area contributed by atoms with E-state index in [0.29, 0.717) is 0 Å². The topological polar surface area (TPSA) is 52.2 Å². The SMILES string of the molecule is Cc1cccc(C)c1NCCCCCCC(=O)[O-].[Na+]. The molecule has 19 heavy (non-hydrogen) atoms. The number of nitrogens with one attached hydrogen (secondary N) is 1. The molecule has 0 heterocycles. The minimum absolute atomic E-state index is 0. The summed E-state index contributed by atoms with van der Waals surface area (Å²) in [7, 11) is 0. The normalized spacial score (nSPS) is 9.79. The molecular formula is C15H22NNaO2. The van der Waals surface area contributed by atoms with Crippen molar-refractivity contribution in [1.82, 2.24) is 0 Å². The molecule has 0 radical (unpaired) electrons. The van der Waals surface area contributed by atoms with E-state index in [9.17, 15) is 9.90 Å². The summed E-state index contributed by atoms with van der Waals surface area (Å²) < 4.78 is 0. The Morgan fingerprint density at radius 3 is 2.26 bits per heavy atom. The van der Waals surface area contributed by atoms with Crippen molar-refractivity contribution in [2.75, 3.05) is 11.9 Å². The van der Waals surface area contributed by atoms with E-state index in [-0.39, 0.29) is 36.0 Å². The maximum atomic E-state index is 10.2. The van der Waals surface area contributed by atoms with Gasteiger partial charge in [0.15, 0.2) is 0 Å². The number of carbonyl (C=O) groups excluding carboxylic acids is 1. The van der Waals surface area contributed by atoms with Gasteiger partial charge in [-0.25, -0.2) is 0 Å². The molecule has 0 aliphatic heterocycles. The summed E-state index contributed by atoms with van der Waals surface area (Å²) in [5.74, 6) is -0.941. The minimum atomic E-state index is -0.941. The van der Waals surface area contributed by atoms with Crippen molar-refractivity contribution < 1.29 is 39.5 Å². The van der Waals surface area contributed by atoms with Crippen LogP contribution in [0.1, 0.15) is 43.2 Å². The first-order valence-corrected chi connectivity index (χ1v) is 6.61. The van der Waals surface area contributed by atoms with E-state index in [1.165, 1.54) is 16.8 Å². The Hall–Kier alpha value is -0.510. The molecule has 1 aromatic rings. The average Bonchev–Trinajstić information content (AvgIpc) is 2.30.